The number of aliphatic carboxylic acids is 1. The molecule has 2 atom stereocenters. The van der Waals surface area contributed by atoms with Crippen LogP contribution in [0.4, 0.5) is 18.0 Å². The van der Waals surface area contributed by atoms with Crippen molar-refractivity contribution < 1.29 is 27.9 Å². The van der Waals surface area contributed by atoms with Crippen LogP contribution in [0.25, 0.3) is 0 Å². The molecule has 2 aliphatic rings. The first-order valence-corrected chi connectivity index (χ1v) is 6.54. The van der Waals surface area contributed by atoms with E-state index in [4.69, 9.17) is 5.11 Å². The van der Waals surface area contributed by atoms with Gasteiger partial charge in [-0.05, 0) is 18.8 Å². The van der Waals surface area contributed by atoms with Crippen molar-refractivity contribution in [2.75, 3.05) is 19.6 Å². The lowest BCUT2D eigenvalue weighted by molar-refractivity contribution is -0.143. The Morgan fingerprint density at radius 3 is 2.30 bits per heavy atom. The Bertz CT molecular complexity index is 409. The number of carbonyl (C=O) groups excluding carboxylic acids is 1. The number of carboxylic acid groups (broad SMARTS) is 1. The number of carboxylic acids is 1. The van der Waals surface area contributed by atoms with Crippen molar-refractivity contribution in [3.8, 4) is 0 Å². The maximum absolute atomic E-state index is 12.5. The zero-order chi connectivity index (χ0) is 15.1. The molecule has 8 heteroatoms. The number of halogens is 3. The summed E-state index contributed by atoms with van der Waals surface area (Å²) in [4.78, 5) is 25.2. The molecule has 2 rings (SSSR count). The van der Waals surface area contributed by atoms with E-state index in [-0.39, 0.29) is 25.0 Å². The zero-order valence-corrected chi connectivity index (χ0v) is 11.1. The van der Waals surface area contributed by atoms with Crippen LogP contribution in [0.2, 0.25) is 0 Å². The largest absolute Gasteiger partial charge is 0.481 e. The molecular weight excluding hydrogens is 277 g/mol. The lowest BCUT2D eigenvalue weighted by Gasteiger charge is -2.28. The molecule has 0 aromatic rings. The molecular formula is C12H17F3N2O3. The van der Waals surface area contributed by atoms with Gasteiger partial charge in [-0.15, -0.1) is 0 Å². The fourth-order valence-corrected chi connectivity index (χ4v) is 2.56. The minimum Gasteiger partial charge on any atom is -0.481 e. The Morgan fingerprint density at radius 1 is 1.30 bits per heavy atom. The van der Waals surface area contributed by atoms with E-state index >= 15 is 0 Å². The first-order chi connectivity index (χ1) is 9.19. The van der Waals surface area contributed by atoms with Gasteiger partial charge < -0.3 is 14.9 Å². The molecule has 1 aliphatic carbocycles. The third-order valence-corrected chi connectivity index (χ3v) is 3.78. The summed E-state index contributed by atoms with van der Waals surface area (Å²) in [6, 6.07) is -1.05. The summed E-state index contributed by atoms with van der Waals surface area (Å²) in [5, 5.41) is 9.00. The number of amides is 2. The van der Waals surface area contributed by atoms with E-state index in [1.807, 2.05) is 0 Å². The summed E-state index contributed by atoms with van der Waals surface area (Å²) >= 11 is 0. The summed E-state index contributed by atoms with van der Waals surface area (Å²) in [7, 11) is 0. The van der Waals surface area contributed by atoms with Crippen LogP contribution in [0, 0.1) is 11.8 Å². The van der Waals surface area contributed by atoms with Crippen LogP contribution < -0.4 is 0 Å². The molecule has 5 nitrogen and oxygen atoms in total. The molecule has 2 unspecified atom stereocenters. The van der Waals surface area contributed by atoms with E-state index < -0.39 is 30.6 Å². The van der Waals surface area contributed by atoms with E-state index in [0.717, 1.165) is 4.90 Å². The maximum Gasteiger partial charge on any atom is 0.406 e. The standard InChI is InChI=1S/C12H17F3N2O3/c1-7-4-16(5-9(7)10(18)19)11(20)17(8-2-3-8)6-12(13,14)15/h7-9H,2-6H2,1H3,(H,18,19). The number of rotatable bonds is 3. The van der Waals surface area contributed by atoms with E-state index in [1.165, 1.54) is 4.90 Å². The Morgan fingerprint density at radius 2 is 1.90 bits per heavy atom. The normalized spacial score (nSPS) is 26.7. The fraction of sp³-hybridized carbons (Fsp3) is 0.833. The van der Waals surface area contributed by atoms with Crippen molar-refractivity contribution in [2.24, 2.45) is 11.8 Å². The van der Waals surface area contributed by atoms with Crippen LogP contribution in [0.3, 0.4) is 0 Å². The van der Waals surface area contributed by atoms with Crippen LogP contribution in [-0.4, -0.2) is 58.8 Å². The Labute approximate surface area is 114 Å². The molecule has 1 aliphatic heterocycles. The average Bonchev–Trinajstić information content (AvgIpc) is 3.06. The molecule has 0 radical (unpaired) electrons. The van der Waals surface area contributed by atoms with Gasteiger partial charge in [-0.2, -0.15) is 13.2 Å². The third-order valence-electron chi connectivity index (χ3n) is 3.78. The first-order valence-electron chi connectivity index (χ1n) is 6.54. The molecule has 2 fully saturated rings. The second-order valence-electron chi connectivity index (χ2n) is 5.58. The van der Waals surface area contributed by atoms with Gasteiger partial charge in [-0.25, -0.2) is 4.79 Å². The lowest BCUT2D eigenvalue weighted by atomic mass is 9.99. The van der Waals surface area contributed by atoms with Gasteiger partial charge in [0, 0.05) is 19.1 Å². The predicted octanol–water partition coefficient (Wildman–Crippen LogP) is 1.79. The predicted molar refractivity (Wildman–Crippen MR) is 63.0 cm³/mol. The highest BCUT2D eigenvalue weighted by Gasteiger charge is 2.45. The van der Waals surface area contributed by atoms with Crippen LogP contribution in [0.1, 0.15) is 19.8 Å². The molecule has 1 saturated heterocycles. The van der Waals surface area contributed by atoms with Gasteiger partial charge in [-0.1, -0.05) is 6.92 Å². The van der Waals surface area contributed by atoms with E-state index in [0.29, 0.717) is 12.8 Å². The number of likely N-dealkylation sites (tertiary alicyclic amines) is 1. The topological polar surface area (TPSA) is 60.9 Å². The van der Waals surface area contributed by atoms with Gasteiger partial charge in [0.05, 0.1) is 5.92 Å². The highest BCUT2D eigenvalue weighted by atomic mass is 19.4. The second-order valence-corrected chi connectivity index (χ2v) is 5.58. The molecule has 1 saturated carbocycles. The van der Waals surface area contributed by atoms with Gasteiger partial charge >= 0.3 is 18.2 Å². The van der Waals surface area contributed by atoms with E-state index in [1.54, 1.807) is 6.92 Å². The summed E-state index contributed by atoms with van der Waals surface area (Å²) < 4.78 is 37.5. The monoisotopic (exact) mass is 294 g/mol. The molecule has 114 valence electrons. The summed E-state index contributed by atoms with van der Waals surface area (Å²) in [5.74, 6) is -1.96. The van der Waals surface area contributed by atoms with Gasteiger partial charge in [0.1, 0.15) is 6.54 Å². The molecule has 1 heterocycles. The first kappa shape index (κ1) is 14.9. The maximum atomic E-state index is 12.5. The molecule has 0 aromatic carbocycles. The van der Waals surface area contributed by atoms with Gasteiger partial charge in [0.25, 0.3) is 0 Å². The summed E-state index contributed by atoms with van der Waals surface area (Å²) in [6.07, 6.45) is -3.28. The van der Waals surface area contributed by atoms with Crippen LogP contribution in [0.5, 0.6) is 0 Å². The van der Waals surface area contributed by atoms with Crippen molar-refractivity contribution in [1.29, 1.82) is 0 Å². The molecule has 0 spiro atoms. The Hall–Kier alpha value is -1.47. The number of alkyl halides is 3. The van der Waals surface area contributed by atoms with E-state index in [9.17, 15) is 22.8 Å². The molecule has 20 heavy (non-hydrogen) atoms. The average molecular weight is 294 g/mol. The van der Waals surface area contributed by atoms with Crippen molar-refractivity contribution in [3.63, 3.8) is 0 Å². The highest BCUT2D eigenvalue weighted by Crippen LogP contribution is 2.33. The van der Waals surface area contributed by atoms with Crippen LogP contribution >= 0.6 is 0 Å². The van der Waals surface area contributed by atoms with Gasteiger partial charge in [0.2, 0.25) is 0 Å². The van der Waals surface area contributed by atoms with Crippen LogP contribution in [-0.2, 0) is 4.79 Å². The smallest absolute Gasteiger partial charge is 0.406 e. The van der Waals surface area contributed by atoms with Crippen LogP contribution in [0.15, 0.2) is 0 Å². The molecule has 0 aromatic heterocycles. The van der Waals surface area contributed by atoms with Gasteiger partial charge in [-0.3, -0.25) is 4.79 Å². The molecule has 2 amide bonds. The summed E-state index contributed by atoms with van der Waals surface area (Å²) in [6.45, 7) is 0.601. The minimum absolute atomic E-state index is 0.0174. The zero-order valence-electron chi connectivity index (χ0n) is 11.1. The quantitative estimate of drug-likeness (QED) is 0.863. The number of hydrogen-bond donors (Lipinski definition) is 1. The molecule has 1 N–H and O–H groups in total. The highest BCUT2D eigenvalue weighted by molar-refractivity contribution is 5.78. The van der Waals surface area contributed by atoms with Crippen molar-refractivity contribution in [2.45, 2.75) is 32.0 Å². The number of urea groups is 1. The Balaban J connectivity index is 2.04. The fourth-order valence-electron chi connectivity index (χ4n) is 2.56. The lowest BCUT2D eigenvalue weighted by Crippen LogP contribution is -2.47. The number of hydrogen-bond acceptors (Lipinski definition) is 2. The number of carbonyl (C=O) groups is 2. The van der Waals surface area contributed by atoms with Crippen molar-refractivity contribution in [3.05, 3.63) is 0 Å². The van der Waals surface area contributed by atoms with Crippen molar-refractivity contribution in [1.82, 2.24) is 9.80 Å². The SMILES string of the molecule is CC1CN(C(=O)N(CC(F)(F)F)C2CC2)CC1C(=O)O. The molecule has 0 bridgehead atoms. The van der Waals surface area contributed by atoms with E-state index in [2.05, 4.69) is 0 Å². The minimum atomic E-state index is -4.43. The van der Waals surface area contributed by atoms with Crippen molar-refractivity contribution >= 4 is 12.0 Å². The van der Waals surface area contributed by atoms with Gasteiger partial charge in [0.15, 0.2) is 0 Å². The number of nitrogens with zero attached hydrogens (tertiary/aromatic N) is 2. The third kappa shape index (κ3) is 3.34. The Kier molecular flexibility index (Phi) is 3.84. The summed E-state index contributed by atoms with van der Waals surface area (Å²) in [5.41, 5.74) is 0. The second kappa shape index (κ2) is 5.14.